The van der Waals surface area contributed by atoms with E-state index in [4.69, 9.17) is 9.47 Å². The zero-order chi connectivity index (χ0) is 21.4. The second-order valence-corrected chi connectivity index (χ2v) is 8.33. The van der Waals surface area contributed by atoms with Gasteiger partial charge in [0.25, 0.3) is 0 Å². The minimum Gasteiger partial charge on any atom is -0.437 e. The van der Waals surface area contributed by atoms with Crippen LogP contribution in [0.2, 0.25) is 0 Å². The van der Waals surface area contributed by atoms with Crippen LogP contribution in [0.5, 0.6) is 11.6 Å². The molecule has 31 heavy (non-hydrogen) atoms. The highest BCUT2D eigenvalue weighted by molar-refractivity contribution is 5.79. The standard InChI is InChI=1S/C22H25N5O4/c1-14-6-8-23-25-21(14)31-17-4-2-15(3-5-17)16-10-27(11-16)22(29)26-9-7-19-18(12-26)24-20(28)13-30-19/h2-6,8,16,18-19H,7,9-13H2,1H3,(H,24,28)/t18-,19+/m1/s1. The zero-order valence-electron chi connectivity index (χ0n) is 17.4. The number of aromatic nitrogens is 2. The lowest BCUT2D eigenvalue weighted by molar-refractivity contribution is -0.139. The summed E-state index contributed by atoms with van der Waals surface area (Å²) in [5, 5.41) is 10.8. The first-order valence-electron chi connectivity index (χ1n) is 10.6. The molecule has 4 heterocycles. The van der Waals surface area contributed by atoms with Crippen LogP contribution < -0.4 is 10.1 Å². The van der Waals surface area contributed by atoms with Crippen molar-refractivity contribution < 1.29 is 19.1 Å². The molecule has 0 aliphatic carbocycles. The van der Waals surface area contributed by atoms with Crippen LogP contribution in [0.4, 0.5) is 4.79 Å². The molecule has 0 saturated carbocycles. The van der Waals surface area contributed by atoms with Crippen LogP contribution in [0.15, 0.2) is 36.5 Å². The molecular formula is C22H25N5O4. The number of carbonyl (C=O) groups is 2. The third-order valence-electron chi connectivity index (χ3n) is 6.19. The minimum absolute atomic E-state index is 0.0114. The summed E-state index contributed by atoms with van der Waals surface area (Å²) in [4.78, 5) is 28.1. The molecule has 1 aromatic carbocycles. The van der Waals surface area contributed by atoms with Crippen molar-refractivity contribution in [3.63, 3.8) is 0 Å². The van der Waals surface area contributed by atoms with Gasteiger partial charge in [-0.25, -0.2) is 4.79 Å². The van der Waals surface area contributed by atoms with Crippen LogP contribution in [0.25, 0.3) is 0 Å². The van der Waals surface area contributed by atoms with Crippen molar-refractivity contribution in [2.45, 2.75) is 31.4 Å². The molecule has 1 N–H and O–H groups in total. The summed E-state index contributed by atoms with van der Waals surface area (Å²) >= 11 is 0. The number of nitrogens with one attached hydrogen (secondary N) is 1. The molecule has 2 atom stereocenters. The molecule has 3 amide bonds. The number of amides is 3. The fourth-order valence-electron chi connectivity index (χ4n) is 4.32. The molecule has 0 unspecified atom stereocenters. The molecule has 3 aliphatic rings. The highest BCUT2D eigenvalue weighted by Gasteiger charge is 2.40. The van der Waals surface area contributed by atoms with E-state index < -0.39 is 0 Å². The molecule has 0 radical (unpaired) electrons. The van der Waals surface area contributed by atoms with Crippen molar-refractivity contribution in [1.29, 1.82) is 0 Å². The second kappa shape index (κ2) is 8.14. The number of nitrogens with zero attached hydrogens (tertiary/aromatic N) is 4. The fraction of sp³-hybridized carbons (Fsp3) is 0.455. The summed E-state index contributed by atoms with van der Waals surface area (Å²) < 4.78 is 11.4. The van der Waals surface area contributed by atoms with E-state index >= 15 is 0 Å². The third kappa shape index (κ3) is 4.05. The molecular weight excluding hydrogens is 398 g/mol. The maximum absolute atomic E-state index is 12.9. The molecule has 162 valence electrons. The molecule has 0 bridgehead atoms. The SMILES string of the molecule is Cc1ccnnc1Oc1ccc(C2CN(C(=O)N3CC[C@@H]4OCC(=O)N[C@@H]4C3)C2)cc1. The Morgan fingerprint density at radius 3 is 2.74 bits per heavy atom. The number of morpholine rings is 1. The number of piperidine rings is 1. The smallest absolute Gasteiger partial charge is 0.320 e. The van der Waals surface area contributed by atoms with Crippen molar-refractivity contribution in [2.24, 2.45) is 0 Å². The Labute approximate surface area is 180 Å². The summed E-state index contributed by atoms with van der Waals surface area (Å²) in [5.41, 5.74) is 2.11. The van der Waals surface area contributed by atoms with Gasteiger partial charge in [0.05, 0.1) is 18.3 Å². The third-order valence-corrected chi connectivity index (χ3v) is 6.19. The maximum atomic E-state index is 12.9. The second-order valence-electron chi connectivity index (χ2n) is 8.33. The summed E-state index contributed by atoms with van der Waals surface area (Å²) in [5.74, 6) is 1.41. The van der Waals surface area contributed by atoms with E-state index in [2.05, 4.69) is 15.5 Å². The Hall–Kier alpha value is -3.20. The van der Waals surface area contributed by atoms with Gasteiger partial charge < -0.3 is 24.6 Å². The van der Waals surface area contributed by atoms with Gasteiger partial charge in [-0.1, -0.05) is 12.1 Å². The maximum Gasteiger partial charge on any atom is 0.320 e. The normalized spacial score (nSPS) is 23.6. The summed E-state index contributed by atoms with van der Waals surface area (Å²) in [6, 6.07) is 9.69. The lowest BCUT2D eigenvalue weighted by Crippen LogP contribution is -2.63. The molecule has 2 aromatic rings. The largest absolute Gasteiger partial charge is 0.437 e. The van der Waals surface area contributed by atoms with Crippen LogP contribution in [-0.4, -0.2) is 76.9 Å². The van der Waals surface area contributed by atoms with Crippen LogP contribution in [-0.2, 0) is 9.53 Å². The van der Waals surface area contributed by atoms with Gasteiger partial charge in [-0.05, 0) is 37.1 Å². The monoisotopic (exact) mass is 423 g/mol. The molecule has 1 aromatic heterocycles. The molecule has 0 spiro atoms. The highest BCUT2D eigenvalue weighted by atomic mass is 16.5. The van der Waals surface area contributed by atoms with Gasteiger partial charge in [0, 0.05) is 37.7 Å². The number of benzene rings is 1. The lowest BCUT2D eigenvalue weighted by Gasteiger charge is -2.46. The van der Waals surface area contributed by atoms with E-state index in [9.17, 15) is 9.59 Å². The molecule has 9 heteroatoms. The average molecular weight is 423 g/mol. The van der Waals surface area contributed by atoms with E-state index in [1.807, 2.05) is 47.1 Å². The van der Waals surface area contributed by atoms with Gasteiger partial charge in [0.1, 0.15) is 12.4 Å². The van der Waals surface area contributed by atoms with E-state index in [-0.39, 0.29) is 30.7 Å². The van der Waals surface area contributed by atoms with Crippen molar-refractivity contribution in [1.82, 2.24) is 25.3 Å². The van der Waals surface area contributed by atoms with Gasteiger partial charge in [-0.15, -0.1) is 5.10 Å². The first kappa shape index (κ1) is 19.7. The average Bonchev–Trinajstić information content (AvgIpc) is 2.75. The van der Waals surface area contributed by atoms with Crippen molar-refractivity contribution in [3.05, 3.63) is 47.7 Å². The number of rotatable bonds is 3. The molecule has 3 aliphatic heterocycles. The number of ether oxygens (including phenoxy) is 2. The van der Waals surface area contributed by atoms with Crippen LogP contribution in [0.1, 0.15) is 23.5 Å². The number of hydrogen-bond acceptors (Lipinski definition) is 6. The van der Waals surface area contributed by atoms with Crippen molar-refractivity contribution >= 4 is 11.9 Å². The number of hydrogen-bond donors (Lipinski definition) is 1. The van der Waals surface area contributed by atoms with Crippen molar-refractivity contribution in [2.75, 3.05) is 32.8 Å². The summed E-state index contributed by atoms with van der Waals surface area (Å²) in [6.07, 6.45) is 2.40. The molecule has 5 rings (SSSR count). The Kier molecular flexibility index (Phi) is 5.19. The number of fused-ring (bicyclic) bond motifs is 1. The van der Waals surface area contributed by atoms with Gasteiger partial charge in [-0.2, -0.15) is 5.10 Å². The quantitative estimate of drug-likeness (QED) is 0.807. The van der Waals surface area contributed by atoms with Crippen LogP contribution in [0, 0.1) is 6.92 Å². The molecule has 3 saturated heterocycles. The van der Waals surface area contributed by atoms with E-state index in [1.54, 1.807) is 6.20 Å². The first-order chi connectivity index (χ1) is 15.1. The predicted molar refractivity (Wildman–Crippen MR) is 111 cm³/mol. The van der Waals surface area contributed by atoms with Gasteiger partial charge in [0.15, 0.2) is 0 Å². The Morgan fingerprint density at radius 1 is 1.16 bits per heavy atom. The highest BCUT2D eigenvalue weighted by Crippen LogP contribution is 2.31. The number of urea groups is 1. The predicted octanol–water partition coefficient (Wildman–Crippen LogP) is 1.69. The summed E-state index contributed by atoms with van der Waals surface area (Å²) in [6.45, 7) is 4.59. The topological polar surface area (TPSA) is 96.9 Å². The van der Waals surface area contributed by atoms with Gasteiger partial charge >= 0.3 is 6.03 Å². The van der Waals surface area contributed by atoms with E-state index in [0.717, 1.165) is 12.0 Å². The lowest BCUT2D eigenvalue weighted by atomic mass is 9.91. The summed E-state index contributed by atoms with van der Waals surface area (Å²) in [7, 11) is 0. The zero-order valence-corrected chi connectivity index (χ0v) is 17.4. The van der Waals surface area contributed by atoms with Gasteiger partial charge in [0.2, 0.25) is 11.8 Å². The Morgan fingerprint density at radius 2 is 1.97 bits per heavy atom. The number of aryl methyl sites for hydroxylation is 1. The van der Waals surface area contributed by atoms with Crippen LogP contribution in [0.3, 0.4) is 0 Å². The Bertz CT molecular complexity index is 976. The minimum atomic E-state index is -0.110. The number of likely N-dealkylation sites (tertiary alicyclic amines) is 2. The fourth-order valence-corrected chi connectivity index (χ4v) is 4.32. The molecule has 9 nitrogen and oxygen atoms in total. The van der Waals surface area contributed by atoms with Crippen LogP contribution >= 0.6 is 0 Å². The van der Waals surface area contributed by atoms with Crippen molar-refractivity contribution in [3.8, 4) is 11.6 Å². The number of carbonyl (C=O) groups excluding carboxylic acids is 2. The molecule has 3 fully saturated rings. The Balaban J connectivity index is 1.14. The first-order valence-corrected chi connectivity index (χ1v) is 10.6. The van der Waals surface area contributed by atoms with E-state index in [0.29, 0.717) is 43.7 Å². The van der Waals surface area contributed by atoms with Gasteiger partial charge in [-0.3, -0.25) is 4.79 Å². The van der Waals surface area contributed by atoms with E-state index in [1.165, 1.54) is 5.56 Å².